The summed E-state index contributed by atoms with van der Waals surface area (Å²) in [6, 6.07) is 2.02. The summed E-state index contributed by atoms with van der Waals surface area (Å²) >= 11 is 1.48. The van der Waals surface area contributed by atoms with Gasteiger partial charge in [-0.2, -0.15) is 5.10 Å². The minimum absolute atomic E-state index is 0.820. The molecule has 0 saturated heterocycles. The molecular formula is C7H8N4S. The van der Waals surface area contributed by atoms with Crippen LogP contribution in [-0.4, -0.2) is 20.0 Å². The second-order valence-electron chi connectivity index (χ2n) is 2.56. The largest absolute Gasteiger partial charge is 0.232 e. The third-order valence-corrected chi connectivity index (χ3v) is 2.20. The lowest BCUT2D eigenvalue weighted by Crippen LogP contribution is -1.97. The fraction of sp³-hybridized carbons (Fsp3) is 0.286. The summed E-state index contributed by atoms with van der Waals surface area (Å²) in [6.07, 6.45) is 0. The Morgan fingerprint density at radius 2 is 2.25 bits per heavy atom. The summed E-state index contributed by atoms with van der Waals surface area (Å²) in [5, 5.41) is 12.8. The summed E-state index contributed by atoms with van der Waals surface area (Å²) in [5.41, 5.74) is 3.79. The minimum atomic E-state index is 0.820. The van der Waals surface area contributed by atoms with Crippen LogP contribution in [0.5, 0.6) is 0 Å². The van der Waals surface area contributed by atoms with E-state index in [1.807, 2.05) is 19.9 Å². The van der Waals surface area contributed by atoms with Gasteiger partial charge in [-0.1, -0.05) is 11.3 Å². The first kappa shape index (κ1) is 7.42. The van der Waals surface area contributed by atoms with Crippen molar-refractivity contribution in [3.8, 4) is 5.13 Å². The minimum Gasteiger partial charge on any atom is -0.209 e. The van der Waals surface area contributed by atoms with Crippen molar-refractivity contribution in [3.05, 3.63) is 23.0 Å². The van der Waals surface area contributed by atoms with Gasteiger partial charge in [-0.25, -0.2) is 4.68 Å². The highest BCUT2D eigenvalue weighted by Gasteiger charge is 2.05. The van der Waals surface area contributed by atoms with Crippen molar-refractivity contribution in [2.45, 2.75) is 13.8 Å². The summed E-state index contributed by atoms with van der Waals surface area (Å²) < 4.78 is 1.80. The van der Waals surface area contributed by atoms with Crippen molar-refractivity contribution >= 4 is 11.3 Å². The van der Waals surface area contributed by atoms with E-state index in [1.165, 1.54) is 11.3 Å². The molecule has 2 aromatic rings. The highest BCUT2D eigenvalue weighted by molar-refractivity contribution is 7.11. The quantitative estimate of drug-likeness (QED) is 0.665. The lowest BCUT2D eigenvalue weighted by molar-refractivity contribution is 0.808. The van der Waals surface area contributed by atoms with E-state index in [1.54, 1.807) is 10.2 Å². The maximum atomic E-state index is 4.28. The van der Waals surface area contributed by atoms with Crippen LogP contribution in [0.4, 0.5) is 0 Å². The predicted molar refractivity (Wildman–Crippen MR) is 46.5 cm³/mol. The normalized spacial score (nSPS) is 10.5. The van der Waals surface area contributed by atoms with Crippen LogP contribution in [0.25, 0.3) is 5.13 Å². The number of hydrogen-bond acceptors (Lipinski definition) is 4. The molecule has 62 valence electrons. The van der Waals surface area contributed by atoms with Gasteiger partial charge in [0.05, 0.1) is 5.69 Å². The van der Waals surface area contributed by atoms with E-state index in [9.17, 15) is 0 Å². The topological polar surface area (TPSA) is 43.6 Å². The van der Waals surface area contributed by atoms with E-state index in [2.05, 4.69) is 15.3 Å². The molecule has 2 heterocycles. The fourth-order valence-corrected chi connectivity index (χ4v) is 1.65. The lowest BCUT2D eigenvalue weighted by Gasteiger charge is -1.94. The molecule has 0 fully saturated rings. The number of hydrogen-bond donors (Lipinski definition) is 0. The standard InChI is InChI=1S/C7H8N4S/c1-5-3-6(2)11(10-5)7-9-8-4-12-7/h3-4H,1-2H3. The maximum absolute atomic E-state index is 4.28. The third-order valence-electron chi connectivity index (χ3n) is 1.54. The second kappa shape index (κ2) is 2.67. The molecule has 0 aliphatic carbocycles. The Kier molecular flexibility index (Phi) is 1.65. The van der Waals surface area contributed by atoms with E-state index in [4.69, 9.17) is 0 Å². The molecule has 0 N–H and O–H groups in total. The molecule has 0 aliphatic rings. The van der Waals surface area contributed by atoms with Crippen molar-refractivity contribution in [3.63, 3.8) is 0 Å². The summed E-state index contributed by atoms with van der Waals surface area (Å²) in [4.78, 5) is 0. The molecule has 0 radical (unpaired) electrons. The molecule has 2 aromatic heterocycles. The number of aryl methyl sites for hydroxylation is 2. The molecule has 12 heavy (non-hydrogen) atoms. The van der Waals surface area contributed by atoms with Crippen LogP contribution in [-0.2, 0) is 0 Å². The van der Waals surface area contributed by atoms with Crippen LogP contribution in [0.15, 0.2) is 11.6 Å². The van der Waals surface area contributed by atoms with E-state index in [0.29, 0.717) is 0 Å². The van der Waals surface area contributed by atoms with Gasteiger partial charge in [0.25, 0.3) is 0 Å². The molecule has 0 unspecified atom stereocenters. The molecule has 0 aliphatic heterocycles. The molecule has 2 rings (SSSR count). The maximum Gasteiger partial charge on any atom is 0.232 e. The zero-order chi connectivity index (χ0) is 8.55. The number of aromatic nitrogens is 4. The van der Waals surface area contributed by atoms with E-state index < -0.39 is 0 Å². The number of rotatable bonds is 1. The predicted octanol–water partition coefficient (Wildman–Crippen LogP) is 1.34. The van der Waals surface area contributed by atoms with Crippen LogP contribution in [0.3, 0.4) is 0 Å². The molecule has 0 bridgehead atoms. The Morgan fingerprint density at radius 3 is 2.75 bits per heavy atom. The van der Waals surface area contributed by atoms with Gasteiger partial charge in [0.2, 0.25) is 5.13 Å². The van der Waals surface area contributed by atoms with Crippen LogP contribution in [0.2, 0.25) is 0 Å². The van der Waals surface area contributed by atoms with E-state index >= 15 is 0 Å². The first-order valence-electron chi connectivity index (χ1n) is 3.57. The van der Waals surface area contributed by atoms with Crippen LogP contribution >= 0.6 is 11.3 Å². The molecular weight excluding hydrogens is 172 g/mol. The number of nitrogens with zero attached hydrogens (tertiary/aromatic N) is 4. The summed E-state index contributed by atoms with van der Waals surface area (Å²) in [5.74, 6) is 0. The average Bonchev–Trinajstić information content (AvgIpc) is 2.58. The monoisotopic (exact) mass is 180 g/mol. The SMILES string of the molecule is Cc1cc(C)n(-c2nncs2)n1. The average molecular weight is 180 g/mol. The Morgan fingerprint density at radius 1 is 1.42 bits per heavy atom. The Labute approximate surface area is 73.9 Å². The van der Waals surface area contributed by atoms with Gasteiger partial charge in [-0.15, -0.1) is 10.2 Å². The van der Waals surface area contributed by atoms with Crippen LogP contribution in [0.1, 0.15) is 11.4 Å². The van der Waals surface area contributed by atoms with Gasteiger partial charge in [-0.3, -0.25) is 0 Å². The van der Waals surface area contributed by atoms with Gasteiger partial charge >= 0.3 is 0 Å². The zero-order valence-corrected chi connectivity index (χ0v) is 7.67. The van der Waals surface area contributed by atoms with Gasteiger partial charge in [0.15, 0.2) is 0 Å². The lowest BCUT2D eigenvalue weighted by atomic mass is 10.4. The van der Waals surface area contributed by atoms with Crippen molar-refractivity contribution in [1.82, 2.24) is 20.0 Å². The van der Waals surface area contributed by atoms with Gasteiger partial charge in [0.1, 0.15) is 5.51 Å². The molecule has 0 atom stereocenters. The Hall–Kier alpha value is -1.23. The van der Waals surface area contributed by atoms with Gasteiger partial charge in [-0.05, 0) is 19.9 Å². The van der Waals surface area contributed by atoms with E-state index in [-0.39, 0.29) is 0 Å². The van der Waals surface area contributed by atoms with Crippen LogP contribution in [0, 0.1) is 13.8 Å². The summed E-state index contributed by atoms with van der Waals surface area (Å²) in [7, 11) is 0. The molecule has 4 nitrogen and oxygen atoms in total. The van der Waals surface area contributed by atoms with Crippen molar-refractivity contribution < 1.29 is 0 Å². The molecule has 0 amide bonds. The second-order valence-corrected chi connectivity index (χ2v) is 3.37. The van der Waals surface area contributed by atoms with Crippen LogP contribution < -0.4 is 0 Å². The first-order valence-corrected chi connectivity index (χ1v) is 4.45. The highest BCUT2D eigenvalue weighted by Crippen LogP contribution is 2.12. The molecule has 0 saturated carbocycles. The van der Waals surface area contributed by atoms with Crippen molar-refractivity contribution in [2.75, 3.05) is 0 Å². The fourth-order valence-electron chi connectivity index (χ4n) is 1.08. The summed E-state index contributed by atoms with van der Waals surface area (Å²) in [6.45, 7) is 3.96. The highest BCUT2D eigenvalue weighted by atomic mass is 32.1. The van der Waals surface area contributed by atoms with Crippen molar-refractivity contribution in [1.29, 1.82) is 0 Å². The molecule has 0 aromatic carbocycles. The zero-order valence-electron chi connectivity index (χ0n) is 6.85. The van der Waals surface area contributed by atoms with Gasteiger partial charge < -0.3 is 0 Å². The van der Waals surface area contributed by atoms with E-state index in [0.717, 1.165) is 16.5 Å². The first-order chi connectivity index (χ1) is 5.77. The molecule has 0 spiro atoms. The van der Waals surface area contributed by atoms with Crippen molar-refractivity contribution in [2.24, 2.45) is 0 Å². The Bertz CT molecular complexity index is 376. The Balaban J connectivity index is 2.54. The van der Waals surface area contributed by atoms with Gasteiger partial charge in [0, 0.05) is 5.69 Å². The third kappa shape index (κ3) is 1.12. The smallest absolute Gasteiger partial charge is 0.209 e. The molecule has 5 heteroatoms.